The van der Waals surface area contributed by atoms with Crippen LogP contribution in [0.1, 0.15) is 20.7 Å². The van der Waals surface area contributed by atoms with E-state index in [1.165, 1.54) is 12.1 Å². The van der Waals surface area contributed by atoms with Crippen LogP contribution in [0.15, 0.2) is 57.6 Å². The summed E-state index contributed by atoms with van der Waals surface area (Å²) in [5.74, 6) is -1.36. The first-order valence-corrected chi connectivity index (χ1v) is 10.5. The Morgan fingerprint density at radius 3 is 1.27 bits per heavy atom. The Hall–Kier alpha value is -1.06. The Labute approximate surface area is 215 Å². The summed E-state index contributed by atoms with van der Waals surface area (Å²) < 4.78 is 63.3. The molecule has 4 N–H and O–H groups in total. The minimum atomic E-state index is -4.52. The Kier molecular flexibility index (Phi) is 7.11. The molecule has 2 aliphatic rings. The van der Waals surface area contributed by atoms with E-state index in [-0.39, 0.29) is 93.0 Å². The van der Waals surface area contributed by atoms with E-state index in [0.29, 0.717) is 0 Å². The Morgan fingerprint density at radius 1 is 0.633 bits per heavy atom. The molecule has 0 unspecified atom stereocenters. The summed E-state index contributed by atoms with van der Waals surface area (Å²) >= 11 is 0. The summed E-state index contributed by atoms with van der Waals surface area (Å²) in [5, 5.41) is 5.44. The van der Waals surface area contributed by atoms with Crippen molar-refractivity contribution < 1.29 is 35.5 Å². The molecule has 2 heterocycles. The van der Waals surface area contributed by atoms with Gasteiger partial charge >= 0.3 is 59.1 Å². The fraction of sp³-hybridized carbons (Fsp3) is 0. The molecular formula is C16H12N2Na2O8S2. The number of fused-ring (bicyclic) bond motifs is 2. The maximum absolute atomic E-state index is 12.7. The second-order valence-electron chi connectivity index (χ2n) is 6.02. The van der Waals surface area contributed by atoms with Crippen LogP contribution in [-0.2, 0) is 20.2 Å². The first kappa shape index (κ1) is 25.2. The van der Waals surface area contributed by atoms with E-state index in [1.807, 2.05) is 0 Å². The fourth-order valence-electron chi connectivity index (χ4n) is 2.97. The molecule has 0 saturated carbocycles. The Morgan fingerprint density at radius 2 is 0.967 bits per heavy atom. The van der Waals surface area contributed by atoms with Gasteiger partial charge in [-0.3, -0.25) is 18.7 Å². The number of carbonyl (C=O) groups is 2. The molecule has 0 radical (unpaired) electrons. The first-order valence-electron chi connectivity index (χ1n) is 7.57. The average Bonchev–Trinajstić information content (AvgIpc) is 3.10. The van der Waals surface area contributed by atoms with Gasteiger partial charge in [0.05, 0.1) is 21.2 Å². The third kappa shape index (κ3) is 4.30. The quantitative estimate of drug-likeness (QED) is 0.267. The SMILES string of the molecule is O=C1C(=C2Nc3ccc(S(=O)(=O)O)cc3C2=O)Nc2ccc(S(=O)(=O)O)cc21.[NaH].[NaH]. The molecule has 148 valence electrons. The molecular weight excluding hydrogens is 458 g/mol. The number of ketones is 2. The third-order valence-electron chi connectivity index (χ3n) is 4.29. The number of benzene rings is 2. The average molecular weight is 470 g/mol. The Balaban J connectivity index is 0.00000160. The van der Waals surface area contributed by atoms with E-state index in [2.05, 4.69) is 10.6 Å². The van der Waals surface area contributed by atoms with Crippen LogP contribution in [0.3, 0.4) is 0 Å². The maximum atomic E-state index is 12.7. The van der Waals surface area contributed by atoms with Crippen molar-refractivity contribution in [2.45, 2.75) is 9.79 Å². The van der Waals surface area contributed by atoms with Gasteiger partial charge in [-0.15, -0.1) is 0 Å². The van der Waals surface area contributed by atoms with Gasteiger partial charge in [0.25, 0.3) is 20.2 Å². The molecule has 0 atom stereocenters. The van der Waals surface area contributed by atoms with Gasteiger partial charge in [-0.2, -0.15) is 16.8 Å². The molecule has 0 spiro atoms. The van der Waals surface area contributed by atoms with Gasteiger partial charge in [0.15, 0.2) is 0 Å². The molecule has 0 amide bonds. The van der Waals surface area contributed by atoms with E-state index in [0.717, 1.165) is 24.3 Å². The summed E-state index contributed by atoms with van der Waals surface area (Å²) in [5.41, 5.74) is 0.0611. The molecule has 14 heteroatoms. The van der Waals surface area contributed by atoms with Crippen molar-refractivity contribution in [3.63, 3.8) is 0 Å². The molecule has 0 saturated heterocycles. The van der Waals surface area contributed by atoms with Gasteiger partial charge in [0.2, 0.25) is 11.6 Å². The number of hydrogen-bond donors (Lipinski definition) is 4. The van der Waals surface area contributed by atoms with Crippen LogP contribution in [0.5, 0.6) is 0 Å². The van der Waals surface area contributed by atoms with Crippen LogP contribution in [0.2, 0.25) is 0 Å². The van der Waals surface area contributed by atoms with Gasteiger partial charge in [-0.25, -0.2) is 0 Å². The zero-order valence-corrected chi connectivity index (χ0v) is 15.3. The van der Waals surface area contributed by atoms with Crippen molar-refractivity contribution in [3.8, 4) is 0 Å². The van der Waals surface area contributed by atoms with Gasteiger partial charge in [0, 0.05) is 11.1 Å². The van der Waals surface area contributed by atoms with Gasteiger partial charge in [-0.1, -0.05) is 0 Å². The molecule has 0 fully saturated rings. The normalized spacial score (nSPS) is 17.3. The molecule has 2 aromatic rings. The number of Topliss-reactive ketones (excluding diaryl/α,β-unsaturated/α-hetero) is 2. The summed E-state index contributed by atoms with van der Waals surface area (Å²) in [6, 6.07) is 6.70. The number of carbonyl (C=O) groups excluding carboxylic acids is 2. The molecule has 2 aromatic carbocycles. The second-order valence-corrected chi connectivity index (χ2v) is 8.87. The van der Waals surface area contributed by atoms with E-state index in [9.17, 15) is 26.4 Å². The van der Waals surface area contributed by atoms with Crippen molar-refractivity contribution in [2.75, 3.05) is 10.6 Å². The van der Waals surface area contributed by atoms with Gasteiger partial charge in [0.1, 0.15) is 11.4 Å². The van der Waals surface area contributed by atoms with Crippen LogP contribution in [0.25, 0.3) is 0 Å². The molecule has 30 heavy (non-hydrogen) atoms. The molecule has 0 aliphatic carbocycles. The molecule has 4 rings (SSSR count). The van der Waals surface area contributed by atoms with E-state index < -0.39 is 41.6 Å². The number of allylic oxidation sites excluding steroid dienone is 2. The van der Waals surface area contributed by atoms with Crippen LogP contribution in [0.4, 0.5) is 11.4 Å². The minimum absolute atomic E-state index is 0. The van der Waals surface area contributed by atoms with Crippen LogP contribution in [-0.4, -0.2) is 96.6 Å². The number of nitrogens with one attached hydrogen (secondary N) is 2. The predicted octanol–water partition coefficient (Wildman–Crippen LogP) is 0.0112. The topological polar surface area (TPSA) is 167 Å². The molecule has 10 nitrogen and oxygen atoms in total. The fourth-order valence-corrected chi connectivity index (χ4v) is 3.98. The number of anilines is 2. The summed E-state index contributed by atoms with van der Waals surface area (Å²) in [6.45, 7) is 0. The van der Waals surface area contributed by atoms with Gasteiger partial charge in [-0.05, 0) is 36.4 Å². The van der Waals surface area contributed by atoms with E-state index in [4.69, 9.17) is 9.11 Å². The van der Waals surface area contributed by atoms with Crippen LogP contribution < -0.4 is 10.6 Å². The van der Waals surface area contributed by atoms with E-state index >= 15 is 0 Å². The monoisotopic (exact) mass is 470 g/mol. The van der Waals surface area contributed by atoms with Crippen molar-refractivity contribution in [1.29, 1.82) is 0 Å². The summed E-state index contributed by atoms with van der Waals surface area (Å²) in [6.07, 6.45) is 0. The Bertz CT molecular complexity index is 1250. The van der Waals surface area contributed by atoms with Crippen LogP contribution in [0, 0.1) is 0 Å². The summed E-state index contributed by atoms with van der Waals surface area (Å²) in [7, 11) is -9.03. The van der Waals surface area contributed by atoms with E-state index in [1.54, 1.807) is 0 Å². The van der Waals surface area contributed by atoms with Crippen molar-refractivity contribution in [1.82, 2.24) is 0 Å². The van der Waals surface area contributed by atoms with Crippen molar-refractivity contribution >= 4 is 102 Å². The second kappa shape index (κ2) is 8.47. The first-order chi connectivity index (χ1) is 13.0. The molecule has 2 aliphatic heterocycles. The summed E-state index contributed by atoms with van der Waals surface area (Å²) in [4.78, 5) is 24.4. The zero-order chi connectivity index (χ0) is 20.4. The van der Waals surface area contributed by atoms with Crippen LogP contribution >= 0.6 is 0 Å². The zero-order valence-electron chi connectivity index (χ0n) is 13.6. The third-order valence-corrected chi connectivity index (χ3v) is 5.99. The molecule has 0 aromatic heterocycles. The predicted molar refractivity (Wildman–Crippen MR) is 110 cm³/mol. The molecule has 0 bridgehead atoms. The van der Waals surface area contributed by atoms with Crippen molar-refractivity contribution in [3.05, 3.63) is 58.9 Å². The number of hydrogen-bond acceptors (Lipinski definition) is 8. The van der Waals surface area contributed by atoms with Gasteiger partial charge < -0.3 is 10.6 Å². The van der Waals surface area contributed by atoms with Crippen molar-refractivity contribution in [2.24, 2.45) is 0 Å². The number of rotatable bonds is 2. The standard InChI is InChI=1S/C16H10N2O8S2.2Na.2H/c19-15-9-5-7(27(21,22)23)1-3-11(9)17-13(15)14-16(20)10-6-8(28(24,25)26)2-4-12(10)18-14;;;;/h1-6,17-18H,(H,21,22,23)(H,24,25,26);;;;.